The molecular weight excluding hydrogens is 289 g/mol. The van der Waals surface area contributed by atoms with Crippen LogP contribution in [0.4, 0.5) is 10.3 Å². The summed E-state index contributed by atoms with van der Waals surface area (Å²) in [6.07, 6.45) is 0.824. The Morgan fingerprint density at radius 2 is 2.10 bits per heavy atom. The number of benzene rings is 1. The van der Waals surface area contributed by atoms with Crippen molar-refractivity contribution in [3.63, 3.8) is 0 Å². The molecule has 0 saturated heterocycles. The summed E-state index contributed by atoms with van der Waals surface area (Å²) >= 11 is 1.69. The Bertz CT molecular complexity index is 737. The summed E-state index contributed by atoms with van der Waals surface area (Å²) < 4.78 is 14.9. The van der Waals surface area contributed by atoms with E-state index in [1.807, 2.05) is 16.1 Å². The molecule has 1 aliphatic rings. The first-order valence-corrected chi connectivity index (χ1v) is 7.52. The molecule has 0 radical (unpaired) electrons. The standard InChI is InChI=1S/C14H12FN5S/c15-10-5-3-9(4-6-10)11-8-12(13-2-1-7-21-13)20-14(16-11)17-18-19-20/h1-7,11-12H,8H2,(H,16,17,19)/t11-,12+/m1/s1. The van der Waals surface area contributed by atoms with E-state index < -0.39 is 0 Å². The van der Waals surface area contributed by atoms with E-state index >= 15 is 0 Å². The van der Waals surface area contributed by atoms with Crippen molar-refractivity contribution in [2.45, 2.75) is 18.5 Å². The first-order chi connectivity index (χ1) is 10.3. The SMILES string of the molecule is Fc1ccc([C@H]2C[C@@H](c3cccs3)n3nnnc3N2)cc1. The molecule has 3 aromatic rings. The fourth-order valence-corrected chi connectivity index (χ4v) is 3.49. The second-order valence-electron chi connectivity index (χ2n) is 4.96. The van der Waals surface area contributed by atoms with Crippen molar-refractivity contribution >= 4 is 17.3 Å². The minimum Gasteiger partial charge on any atom is -0.346 e. The molecule has 0 fully saturated rings. The minimum absolute atomic E-state index is 0.0659. The lowest BCUT2D eigenvalue weighted by Crippen LogP contribution is -2.27. The summed E-state index contributed by atoms with van der Waals surface area (Å²) in [6, 6.07) is 10.9. The monoisotopic (exact) mass is 301 g/mol. The van der Waals surface area contributed by atoms with Crippen LogP contribution >= 0.6 is 11.3 Å². The number of nitrogens with zero attached hydrogens (tertiary/aromatic N) is 4. The Balaban J connectivity index is 1.72. The fraction of sp³-hybridized carbons (Fsp3) is 0.214. The maximum absolute atomic E-state index is 13.1. The Hall–Kier alpha value is -2.28. The first kappa shape index (κ1) is 12.5. The molecule has 0 spiro atoms. The molecule has 0 saturated carbocycles. The summed E-state index contributed by atoms with van der Waals surface area (Å²) in [5.41, 5.74) is 1.03. The number of hydrogen-bond acceptors (Lipinski definition) is 5. The Labute approximate surface area is 124 Å². The highest BCUT2D eigenvalue weighted by atomic mass is 32.1. The second kappa shape index (κ2) is 4.92. The van der Waals surface area contributed by atoms with Crippen LogP contribution in [0.15, 0.2) is 41.8 Å². The van der Waals surface area contributed by atoms with E-state index in [-0.39, 0.29) is 17.9 Å². The van der Waals surface area contributed by atoms with Gasteiger partial charge in [0, 0.05) is 4.88 Å². The second-order valence-corrected chi connectivity index (χ2v) is 5.94. The zero-order valence-electron chi connectivity index (χ0n) is 11.0. The summed E-state index contributed by atoms with van der Waals surface area (Å²) in [5, 5.41) is 17.2. The topological polar surface area (TPSA) is 55.6 Å². The van der Waals surface area contributed by atoms with Crippen LogP contribution < -0.4 is 5.32 Å². The Morgan fingerprint density at radius 3 is 2.86 bits per heavy atom. The normalized spacial score (nSPS) is 20.8. The van der Waals surface area contributed by atoms with E-state index in [2.05, 4.69) is 26.9 Å². The van der Waals surface area contributed by atoms with Gasteiger partial charge in [-0.05, 0) is 46.0 Å². The average molecular weight is 301 g/mol. The van der Waals surface area contributed by atoms with Gasteiger partial charge in [0.1, 0.15) is 5.82 Å². The highest BCUT2D eigenvalue weighted by Crippen LogP contribution is 2.38. The largest absolute Gasteiger partial charge is 0.346 e. The predicted octanol–water partition coefficient (Wildman–Crippen LogP) is 3.02. The van der Waals surface area contributed by atoms with Crippen molar-refractivity contribution in [1.29, 1.82) is 0 Å². The van der Waals surface area contributed by atoms with Gasteiger partial charge in [0.25, 0.3) is 0 Å². The van der Waals surface area contributed by atoms with Crippen molar-refractivity contribution in [3.05, 3.63) is 58.0 Å². The van der Waals surface area contributed by atoms with Gasteiger partial charge in [-0.25, -0.2) is 9.07 Å². The maximum atomic E-state index is 13.1. The van der Waals surface area contributed by atoms with Crippen LogP contribution in [0.2, 0.25) is 0 Å². The van der Waals surface area contributed by atoms with Crippen molar-refractivity contribution in [2.24, 2.45) is 0 Å². The molecule has 0 amide bonds. The van der Waals surface area contributed by atoms with Gasteiger partial charge in [0.05, 0.1) is 12.1 Å². The van der Waals surface area contributed by atoms with E-state index in [0.717, 1.165) is 12.0 Å². The molecule has 4 rings (SSSR count). The molecule has 106 valence electrons. The smallest absolute Gasteiger partial charge is 0.244 e. The summed E-state index contributed by atoms with van der Waals surface area (Å²) in [6.45, 7) is 0. The fourth-order valence-electron chi connectivity index (χ4n) is 2.67. The minimum atomic E-state index is -0.228. The third-order valence-corrected chi connectivity index (χ3v) is 4.67. The van der Waals surface area contributed by atoms with Crippen molar-refractivity contribution in [1.82, 2.24) is 20.2 Å². The first-order valence-electron chi connectivity index (χ1n) is 6.64. The lowest BCUT2D eigenvalue weighted by atomic mass is 9.97. The lowest BCUT2D eigenvalue weighted by Gasteiger charge is -2.30. The van der Waals surface area contributed by atoms with Crippen LogP contribution in [0.5, 0.6) is 0 Å². The number of aromatic nitrogens is 4. The van der Waals surface area contributed by atoms with Gasteiger partial charge < -0.3 is 5.32 Å². The predicted molar refractivity (Wildman–Crippen MR) is 77.7 cm³/mol. The van der Waals surface area contributed by atoms with Gasteiger partial charge >= 0.3 is 0 Å². The molecule has 5 nitrogen and oxygen atoms in total. The molecule has 1 aliphatic heterocycles. The van der Waals surface area contributed by atoms with E-state index in [1.165, 1.54) is 17.0 Å². The molecule has 0 unspecified atom stereocenters. The van der Waals surface area contributed by atoms with E-state index in [1.54, 1.807) is 23.5 Å². The number of anilines is 1. The van der Waals surface area contributed by atoms with Gasteiger partial charge in [-0.2, -0.15) is 0 Å². The molecule has 0 aliphatic carbocycles. The molecule has 7 heteroatoms. The summed E-state index contributed by atoms with van der Waals surface area (Å²) in [4.78, 5) is 1.22. The average Bonchev–Trinajstić information content (AvgIpc) is 3.18. The van der Waals surface area contributed by atoms with E-state index in [9.17, 15) is 4.39 Å². The molecule has 1 N–H and O–H groups in total. The zero-order valence-corrected chi connectivity index (χ0v) is 11.8. The van der Waals surface area contributed by atoms with Crippen LogP contribution in [0.1, 0.15) is 28.9 Å². The van der Waals surface area contributed by atoms with Crippen LogP contribution in [0.3, 0.4) is 0 Å². The Kier molecular flexibility index (Phi) is 2.92. The molecule has 21 heavy (non-hydrogen) atoms. The number of rotatable bonds is 2. The molecule has 1 aromatic carbocycles. The number of tetrazole rings is 1. The van der Waals surface area contributed by atoms with Gasteiger partial charge in [0.15, 0.2) is 0 Å². The number of thiophene rings is 1. The van der Waals surface area contributed by atoms with Gasteiger partial charge in [-0.1, -0.05) is 23.3 Å². The molecular formula is C14H12FN5S. The van der Waals surface area contributed by atoms with E-state index in [0.29, 0.717) is 5.95 Å². The molecule has 2 aromatic heterocycles. The van der Waals surface area contributed by atoms with Crippen LogP contribution in [0.25, 0.3) is 0 Å². The van der Waals surface area contributed by atoms with Gasteiger partial charge in [0.2, 0.25) is 5.95 Å². The number of fused-ring (bicyclic) bond motifs is 1. The van der Waals surface area contributed by atoms with Crippen LogP contribution in [-0.4, -0.2) is 20.2 Å². The quantitative estimate of drug-likeness (QED) is 0.790. The molecule has 0 bridgehead atoms. The summed E-state index contributed by atoms with van der Waals surface area (Å²) in [7, 11) is 0. The highest BCUT2D eigenvalue weighted by Gasteiger charge is 2.31. The highest BCUT2D eigenvalue weighted by molar-refractivity contribution is 7.10. The maximum Gasteiger partial charge on any atom is 0.244 e. The van der Waals surface area contributed by atoms with E-state index in [4.69, 9.17) is 0 Å². The third kappa shape index (κ3) is 2.19. The third-order valence-electron chi connectivity index (χ3n) is 3.69. The Morgan fingerprint density at radius 1 is 1.24 bits per heavy atom. The van der Waals surface area contributed by atoms with Crippen molar-refractivity contribution in [2.75, 3.05) is 5.32 Å². The lowest BCUT2D eigenvalue weighted by molar-refractivity contribution is 0.429. The van der Waals surface area contributed by atoms with Gasteiger partial charge in [-0.15, -0.1) is 11.3 Å². The van der Waals surface area contributed by atoms with Gasteiger partial charge in [-0.3, -0.25) is 0 Å². The van der Waals surface area contributed by atoms with Crippen molar-refractivity contribution in [3.8, 4) is 0 Å². The zero-order chi connectivity index (χ0) is 14.2. The number of hydrogen-bond donors (Lipinski definition) is 1. The van der Waals surface area contributed by atoms with Crippen LogP contribution in [-0.2, 0) is 0 Å². The van der Waals surface area contributed by atoms with Crippen LogP contribution in [0, 0.1) is 5.82 Å². The number of halogens is 1. The summed E-state index contributed by atoms with van der Waals surface area (Å²) in [5.74, 6) is 0.420. The molecule has 3 heterocycles. The molecule has 2 atom stereocenters. The van der Waals surface area contributed by atoms with Crippen molar-refractivity contribution < 1.29 is 4.39 Å². The number of nitrogens with one attached hydrogen (secondary N) is 1.